The first-order valence-electron chi connectivity index (χ1n) is 11.7. The van der Waals surface area contributed by atoms with Crippen LogP contribution in [0.3, 0.4) is 0 Å². The first-order chi connectivity index (χ1) is 15.2. The van der Waals surface area contributed by atoms with Crippen LogP contribution in [-0.4, -0.2) is 49.7 Å². The monoisotopic (exact) mass is 420 g/mol. The van der Waals surface area contributed by atoms with Crippen molar-refractivity contribution in [2.75, 3.05) is 37.7 Å². The molecule has 164 valence electrons. The van der Waals surface area contributed by atoms with Crippen molar-refractivity contribution >= 4 is 11.6 Å². The van der Waals surface area contributed by atoms with Crippen LogP contribution in [0.15, 0.2) is 42.5 Å². The van der Waals surface area contributed by atoms with Gasteiger partial charge < -0.3 is 14.4 Å². The second-order valence-electron chi connectivity index (χ2n) is 9.08. The lowest BCUT2D eigenvalue weighted by atomic mass is 10.1. The van der Waals surface area contributed by atoms with E-state index in [0.29, 0.717) is 19.6 Å². The van der Waals surface area contributed by atoms with Crippen LogP contribution in [0.5, 0.6) is 11.5 Å². The van der Waals surface area contributed by atoms with Gasteiger partial charge in [-0.15, -0.1) is 0 Å². The summed E-state index contributed by atoms with van der Waals surface area (Å²) in [7, 11) is 0. The van der Waals surface area contributed by atoms with Gasteiger partial charge in [0.05, 0.1) is 0 Å². The fourth-order valence-electron chi connectivity index (χ4n) is 4.67. The molecule has 2 heterocycles. The number of amides is 1. The number of nitrogens with zero attached hydrogens (tertiary/aromatic N) is 2. The van der Waals surface area contributed by atoms with Gasteiger partial charge in [-0.25, -0.2) is 0 Å². The summed E-state index contributed by atoms with van der Waals surface area (Å²) in [5, 5.41) is 0. The Labute approximate surface area is 184 Å². The Morgan fingerprint density at radius 3 is 2.45 bits per heavy atom. The molecule has 1 atom stereocenters. The average molecular weight is 421 g/mol. The van der Waals surface area contributed by atoms with Crippen molar-refractivity contribution in [2.24, 2.45) is 0 Å². The standard InChI is InChI=1S/C26H32N2O3/c1-19-18-22(8-11-24(19)30-17-16-27-13-2-3-14-27)28-15-12-25(26(28)29)31-23-9-6-21(7-10-23)20-4-5-20/h6-11,18,20,25H,2-5,12-17H2,1H3/t25-/m0/s1. The van der Waals surface area contributed by atoms with Gasteiger partial charge in [0.1, 0.15) is 18.1 Å². The fourth-order valence-corrected chi connectivity index (χ4v) is 4.67. The van der Waals surface area contributed by atoms with E-state index in [4.69, 9.17) is 9.47 Å². The Kier molecular flexibility index (Phi) is 5.86. The molecule has 3 fully saturated rings. The Morgan fingerprint density at radius 1 is 0.968 bits per heavy atom. The van der Waals surface area contributed by atoms with E-state index in [1.165, 1.54) is 44.3 Å². The molecule has 1 amide bonds. The van der Waals surface area contributed by atoms with Gasteiger partial charge in [0.15, 0.2) is 6.10 Å². The zero-order valence-electron chi connectivity index (χ0n) is 18.4. The van der Waals surface area contributed by atoms with Gasteiger partial charge in [0.25, 0.3) is 5.91 Å². The Balaban J connectivity index is 1.17. The van der Waals surface area contributed by atoms with E-state index in [1.807, 2.05) is 36.1 Å². The van der Waals surface area contributed by atoms with Crippen LogP contribution < -0.4 is 14.4 Å². The smallest absolute Gasteiger partial charge is 0.268 e. The summed E-state index contributed by atoms with van der Waals surface area (Å²) >= 11 is 0. The SMILES string of the molecule is Cc1cc(N2CC[C@H](Oc3ccc(C4CC4)cc3)C2=O)ccc1OCCN1CCCC1. The summed E-state index contributed by atoms with van der Waals surface area (Å²) in [6, 6.07) is 14.3. The largest absolute Gasteiger partial charge is 0.492 e. The van der Waals surface area contributed by atoms with Crippen molar-refractivity contribution in [3.63, 3.8) is 0 Å². The molecular formula is C26H32N2O3. The predicted octanol–water partition coefficient (Wildman–Crippen LogP) is 4.53. The molecule has 2 aromatic rings. The lowest BCUT2D eigenvalue weighted by Gasteiger charge is -2.20. The molecule has 2 saturated heterocycles. The summed E-state index contributed by atoms with van der Waals surface area (Å²) in [5.74, 6) is 2.45. The van der Waals surface area contributed by atoms with E-state index < -0.39 is 6.10 Å². The van der Waals surface area contributed by atoms with Gasteiger partial charge in [0, 0.05) is 25.2 Å². The van der Waals surface area contributed by atoms with Crippen LogP contribution >= 0.6 is 0 Å². The molecule has 31 heavy (non-hydrogen) atoms. The summed E-state index contributed by atoms with van der Waals surface area (Å²) < 4.78 is 12.0. The van der Waals surface area contributed by atoms with Crippen LogP contribution in [0.4, 0.5) is 5.69 Å². The molecule has 2 aromatic carbocycles. The van der Waals surface area contributed by atoms with E-state index in [1.54, 1.807) is 0 Å². The molecule has 5 nitrogen and oxygen atoms in total. The maximum absolute atomic E-state index is 13.0. The van der Waals surface area contributed by atoms with Crippen LogP contribution in [0, 0.1) is 6.92 Å². The number of anilines is 1. The molecule has 0 spiro atoms. The molecule has 5 rings (SSSR count). The molecule has 3 aliphatic rings. The lowest BCUT2D eigenvalue weighted by molar-refractivity contribution is -0.122. The van der Waals surface area contributed by atoms with Crippen LogP contribution in [0.25, 0.3) is 0 Å². The van der Waals surface area contributed by atoms with Crippen molar-refractivity contribution in [1.29, 1.82) is 0 Å². The number of benzene rings is 2. The second kappa shape index (κ2) is 8.91. The molecule has 0 N–H and O–H groups in total. The fraction of sp³-hybridized carbons (Fsp3) is 0.500. The second-order valence-corrected chi connectivity index (χ2v) is 9.08. The van der Waals surface area contributed by atoms with Gasteiger partial charge in [-0.3, -0.25) is 9.69 Å². The number of ether oxygens (including phenoxy) is 2. The van der Waals surface area contributed by atoms with Crippen molar-refractivity contribution in [1.82, 2.24) is 4.90 Å². The maximum Gasteiger partial charge on any atom is 0.268 e. The third kappa shape index (κ3) is 4.72. The Morgan fingerprint density at radius 2 is 1.74 bits per heavy atom. The lowest BCUT2D eigenvalue weighted by Crippen LogP contribution is -2.32. The molecule has 0 radical (unpaired) electrons. The van der Waals surface area contributed by atoms with Crippen molar-refractivity contribution in [2.45, 2.75) is 51.0 Å². The molecule has 1 aliphatic carbocycles. The molecule has 0 bridgehead atoms. The Hall–Kier alpha value is -2.53. The van der Waals surface area contributed by atoms with Gasteiger partial charge in [-0.05, 0) is 93.1 Å². The quantitative estimate of drug-likeness (QED) is 0.629. The number of likely N-dealkylation sites (tertiary alicyclic amines) is 1. The normalized spacial score (nSPS) is 21.6. The summed E-state index contributed by atoms with van der Waals surface area (Å²) in [5.41, 5.74) is 3.36. The molecule has 0 unspecified atom stereocenters. The highest BCUT2D eigenvalue weighted by atomic mass is 16.5. The van der Waals surface area contributed by atoms with E-state index >= 15 is 0 Å². The van der Waals surface area contributed by atoms with Crippen molar-refractivity contribution in [3.05, 3.63) is 53.6 Å². The van der Waals surface area contributed by atoms with Crippen LogP contribution in [0.1, 0.15) is 49.1 Å². The summed E-state index contributed by atoms with van der Waals surface area (Å²) in [6.45, 7) is 6.78. The van der Waals surface area contributed by atoms with Gasteiger partial charge in [0.2, 0.25) is 0 Å². The average Bonchev–Trinajstić information content (AvgIpc) is 3.38. The zero-order valence-corrected chi connectivity index (χ0v) is 18.4. The number of hydrogen-bond donors (Lipinski definition) is 0. The highest BCUT2D eigenvalue weighted by molar-refractivity contribution is 5.99. The van der Waals surface area contributed by atoms with Gasteiger partial charge in [-0.2, -0.15) is 0 Å². The number of carbonyl (C=O) groups is 1. The highest BCUT2D eigenvalue weighted by Crippen LogP contribution is 2.40. The predicted molar refractivity (Wildman–Crippen MR) is 122 cm³/mol. The first kappa shape index (κ1) is 20.4. The van der Waals surface area contributed by atoms with Gasteiger partial charge in [-0.1, -0.05) is 12.1 Å². The molecule has 0 aromatic heterocycles. The number of rotatable bonds is 8. The molecular weight excluding hydrogens is 388 g/mol. The van der Waals surface area contributed by atoms with Crippen molar-refractivity contribution in [3.8, 4) is 11.5 Å². The van der Waals surface area contributed by atoms with E-state index in [0.717, 1.165) is 35.2 Å². The summed E-state index contributed by atoms with van der Waals surface area (Å²) in [4.78, 5) is 17.3. The molecule has 1 saturated carbocycles. The number of carbonyl (C=O) groups excluding carboxylic acids is 1. The third-order valence-corrected chi connectivity index (χ3v) is 6.70. The maximum atomic E-state index is 13.0. The number of hydrogen-bond acceptors (Lipinski definition) is 4. The van der Waals surface area contributed by atoms with Crippen LogP contribution in [0.2, 0.25) is 0 Å². The highest BCUT2D eigenvalue weighted by Gasteiger charge is 2.34. The number of aryl methyl sites for hydroxylation is 1. The minimum absolute atomic E-state index is 0.0355. The van der Waals surface area contributed by atoms with E-state index in [-0.39, 0.29) is 5.91 Å². The topological polar surface area (TPSA) is 42.0 Å². The third-order valence-electron chi connectivity index (χ3n) is 6.70. The van der Waals surface area contributed by atoms with Crippen LogP contribution in [-0.2, 0) is 4.79 Å². The minimum Gasteiger partial charge on any atom is -0.492 e. The minimum atomic E-state index is -0.413. The molecule has 2 aliphatic heterocycles. The van der Waals surface area contributed by atoms with Gasteiger partial charge >= 0.3 is 0 Å². The summed E-state index contributed by atoms with van der Waals surface area (Å²) in [6.07, 6.45) is 5.47. The van der Waals surface area contributed by atoms with E-state index in [2.05, 4.69) is 23.1 Å². The van der Waals surface area contributed by atoms with Crippen molar-refractivity contribution < 1.29 is 14.3 Å². The zero-order chi connectivity index (χ0) is 21.2. The van der Waals surface area contributed by atoms with E-state index in [9.17, 15) is 4.79 Å². The first-order valence-corrected chi connectivity index (χ1v) is 11.7. The molecule has 5 heteroatoms. The Bertz CT molecular complexity index is 917.